The summed E-state index contributed by atoms with van der Waals surface area (Å²) in [7, 11) is 0. The van der Waals surface area contributed by atoms with E-state index >= 15 is 0 Å². The molecule has 6 heteroatoms. The van der Waals surface area contributed by atoms with Gasteiger partial charge >= 0.3 is 0 Å². The van der Waals surface area contributed by atoms with E-state index in [0.717, 1.165) is 16.9 Å². The molecule has 2 atom stereocenters. The minimum Gasteiger partial charge on any atom is -0.457 e. The Bertz CT molecular complexity index is 991. The molecule has 0 heterocycles. The summed E-state index contributed by atoms with van der Waals surface area (Å²) in [5.41, 5.74) is 2.18. The van der Waals surface area contributed by atoms with Gasteiger partial charge in [0.1, 0.15) is 17.6 Å². The normalized spacial score (nSPS) is 12.4. The lowest BCUT2D eigenvalue weighted by molar-refractivity contribution is -0.133. The van der Waals surface area contributed by atoms with E-state index in [1.807, 2.05) is 84.9 Å². The first-order valence-corrected chi connectivity index (χ1v) is 10.4. The summed E-state index contributed by atoms with van der Waals surface area (Å²) >= 11 is 0. The van der Waals surface area contributed by atoms with Crippen molar-refractivity contribution in [2.45, 2.75) is 25.2 Å². The molecule has 4 N–H and O–H groups in total. The van der Waals surface area contributed by atoms with E-state index < -0.39 is 18.1 Å². The van der Waals surface area contributed by atoms with Crippen LogP contribution in [0, 0.1) is 0 Å². The first kappa shape index (κ1) is 23.1. The zero-order valence-electron chi connectivity index (χ0n) is 17.8. The number of ether oxygens (including phenoxy) is 1. The molecule has 0 saturated heterocycles. The number of para-hydroxylation sites is 1. The lowest BCUT2D eigenvalue weighted by Gasteiger charge is -2.21. The van der Waals surface area contributed by atoms with Crippen LogP contribution in [-0.2, 0) is 17.8 Å². The quantitative estimate of drug-likeness (QED) is 0.374. The van der Waals surface area contributed by atoms with Crippen LogP contribution in [0.25, 0.3) is 0 Å². The zero-order valence-corrected chi connectivity index (χ0v) is 17.8. The summed E-state index contributed by atoms with van der Waals surface area (Å²) in [5.74, 6) is 0.825. The van der Waals surface area contributed by atoms with Gasteiger partial charge < -0.3 is 25.6 Å². The van der Waals surface area contributed by atoms with Gasteiger partial charge in [-0.25, -0.2) is 0 Å². The van der Waals surface area contributed by atoms with Crippen molar-refractivity contribution in [3.63, 3.8) is 0 Å². The summed E-state index contributed by atoms with van der Waals surface area (Å²) in [6.07, 6.45) is -2.39. The van der Waals surface area contributed by atoms with E-state index in [-0.39, 0.29) is 5.70 Å². The zero-order chi connectivity index (χ0) is 22.8. The summed E-state index contributed by atoms with van der Waals surface area (Å²) in [4.78, 5) is 12.1. The maximum atomic E-state index is 12.1. The fourth-order valence-corrected chi connectivity index (χ4v) is 3.03. The Morgan fingerprint density at radius 2 is 1.38 bits per heavy atom. The van der Waals surface area contributed by atoms with Gasteiger partial charge in [-0.05, 0) is 41.8 Å². The Morgan fingerprint density at radius 3 is 2.03 bits per heavy atom. The molecule has 3 aromatic carbocycles. The highest BCUT2D eigenvalue weighted by Crippen LogP contribution is 2.21. The maximum absolute atomic E-state index is 12.1. The third-order valence-electron chi connectivity index (χ3n) is 4.90. The van der Waals surface area contributed by atoms with E-state index in [1.165, 1.54) is 0 Å². The number of carbonyl (C=O) groups excluding carboxylic acids is 1. The molecule has 0 saturated carbocycles. The average Bonchev–Trinajstić information content (AvgIpc) is 2.83. The molecule has 0 aromatic heterocycles. The molecule has 0 unspecified atom stereocenters. The topological polar surface area (TPSA) is 90.8 Å². The van der Waals surface area contributed by atoms with Gasteiger partial charge in [-0.2, -0.15) is 0 Å². The second-order valence-corrected chi connectivity index (χ2v) is 7.35. The lowest BCUT2D eigenvalue weighted by Crippen LogP contribution is -2.45. The van der Waals surface area contributed by atoms with Gasteiger partial charge in [-0.1, -0.05) is 67.2 Å². The van der Waals surface area contributed by atoms with Crippen LogP contribution in [0.15, 0.2) is 97.2 Å². The first-order valence-electron chi connectivity index (χ1n) is 10.4. The van der Waals surface area contributed by atoms with E-state index in [4.69, 9.17) is 4.74 Å². The van der Waals surface area contributed by atoms with Gasteiger partial charge in [-0.3, -0.25) is 4.79 Å². The van der Waals surface area contributed by atoms with E-state index in [0.29, 0.717) is 25.3 Å². The van der Waals surface area contributed by atoms with Gasteiger partial charge in [0.15, 0.2) is 6.10 Å². The Balaban J connectivity index is 1.41. The standard InChI is InChI=1S/C26H28N2O4/c1-19(24(29)25(30)26(31)27-17-16-20-8-4-2-5-9-20)28-18-21-12-14-23(15-13-21)32-22-10-6-3-7-11-22/h2-15,24-25,28-30H,1,16-18H2,(H,27,31)/t24-,25+/m0/s1. The van der Waals surface area contributed by atoms with Crippen molar-refractivity contribution >= 4 is 5.91 Å². The molecular weight excluding hydrogens is 404 g/mol. The van der Waals surface area contributed by atoms with Crippen LogP contribution in [0.2, 0.25) is 0 Å². The molecule has 6 nitrogen and oxygen atoms in total. The molecule has 3 aromatic rings. The van der Waals surface area contributed by atoms with Crippen LogP contribution in [0.5, 0.6) is 11.5 Å². The lowest BCUT2D eigenvalue weighted by atomic mass is 10.1. The van der Waals surface area contributed by atoms with Gasteiger partial charge in [0, 0.05) is 18.8 Å². The maximum Gasteiger partial charge on any atom is 0.251 e. The summed E-state index contributed by atoms with van der Waals surface area (Å²) in [6.45, 7) is 4.49. The molecule has 0 radical (unpaired) electrons. The molecule has 0 bridgehead atoms. The number of hydrogen-bond donors (Lipinski definition) is 4. The van der Waals surface area contributed by atoms with E-state index in [9.17, 15) is 15.0 Å². The molecule has 0 aliphatic heterocycles. The Kier molecular flexibility index (Phi) is 8.43. The van der Waals surface area contributed by atoms with Crippen molar-refractivity contribution < 1.29 is 19.7 Å². The Morgan fingerprint density at radius 1 is 0.781 bits per heavy atom. The molecule has 0 aliphatic rings. The average molecular weight is 433 g/mol. The largest absolute Gasteiger partial charge is 0.457 e. The molecule has 0 aliphatic carbocycles. The second kappa shape index (κ2) is 11.7. The number of aliphatic hydroxyl groups is 2. The molecule has 1 amide bonds. The monoisotopic (exact) mass is 432 g/mol. The van der Waals surface area contributed by atoms with Crippen LogP contribution < -0.4 is 15.4 Å². The van der Waals surface area contributed by atoms with Gasteiger partial charge in [-0.15, -0.1) is 0 Å². The summed E-state index contributed by atoms with van der Waals surface area (Å²) < 4.78 is 5.76. The number of rotatable bonds is 11. The molecule has 32 heavy (non-hydrogen) atoms. The van der Waals surface area contributed by atoms with Crippen LogP contribution in [-0.4, -0.2) is 34.9 Å². The highest BCUT2D eigenvalue weighted by Gasteiger charge is 2.26. The Hall–Kier alpha value is -3.61. The first-order chi connectivity index (χ1) is 15.5. The van der Waals surface area contributed by atoms with Crippen molar-refractivity contribution in [1.82, 2.24) is 10.6 Å². The minimum absolute atomic E-state index is 0.167. The number of hydrogen-bond acceptors (Lipinski definition) is 5. The predicted molar refractivity (Wildman–Crippen MR) is 124 cm³/mol. The summed E-state index contributed by atoms with van der Waals surface area (Å²) in [6, 6.07) is 26.7. The van der Waals surface area contributed by atoms with E-state index in [1.54, 1.807) is 0 Å². The fourth-order valence-electron chi connectivity index (χ4n) is 3.03. The van der Waals surface area contributed by atoms with Gasteiger partial charge in [0.25, 0.3) is 5.91 Å². The number of aliphatic hydroxyl groups excluding tert-OH is 2. The van der Waals surface area contributed by atoms with Crippen LogP contribution in [0.3, 0.4) is 0 Å². The van der Waals surface area contributed by atoms with Gasteiger partial charge in [0.2, 0.25) is 0 Å². The minimum atomic E-state index is -1.60. The second-order valence-electron chi connectivity index (χ2n) is 7.35. The molecule has 0 fully saturated rings. The number of benzene rings is 3. The third kappa shape index (κ3) is 6.97. The SMILES string of the molecule is C=C(NCc1ccc(Oc2ccccc2)cc1)[C@H](O)[C@@H](O)C(=O)NCCc1ccccc1. The number of amides is 1. The predicted octanol–water partition coefficient (Wildman–Crippen LogP) is 3.16. The van der Waals surface area contributed by atoms with Crippen LogP contribution in [0.4, 0.5) is 0 Å². The van der Waals surface area contributed by atoms with Gasteiger partial charge in [0.05, 0.1) is 0 Å². The highest BCUT2D eigenvalue weighted by atomic mass is 16.5. The highest BCUT2D eigenvalue weighted by molar-refractivity contribution is 5.81. The Labute approximate surface area is 188 Å². The molecular formula is C26H28N2O4. The number of carbonyl (C=O) groups is 1. The summed E-state index contributed by atoms with van der Waals surface area (Å²) in [5, 5.41) is 26.0. The smallest absolute Gasteiger partial charge is 0.251 e. The fraction of sp³-hybridized carbons (Fsp3) is 0.192. The van der Waals surface area contributed by atoms with Crippen molar-refractivity contribution in [3.05, 3.63) is 108 Å². The molecule has 0 spiro atoms. The third-order valence-corrected chi connectivity index (χ3v) is 4.90. The van der Waals surface area contributed by atoms with Crippen molar-refractivity contribution in [2.75, 3.05) is 6.54 Å². The van der Waals surface area contributed by atoms with Crippen LogP contribution in [0.1, 0.15) is 11.1 Å². The van der Waals surface area contributed by atoms with Crippen molar-refractivity contribution in [2.24, 2.45) is 0 Å². The molecule has 3 rings (SSSR count). The van der Waals surface area contributed by atoms with E-state index in [2.05, 4.69) is 17.2 Å². The van der Waals surface area contributed by atoms with Crippen molar-refractivity contribution in [1.29, 1.82) is 0 Å². The van der Waals surface area contributed by atoms with Crippen LogP contribution >= 0.6 is 0 Å². The number of nitrogens with one attached hydrogen (secondary N) is 2. The van der Waals surface area contributed by atoms with Crippen molar-refractivity contribution in [3.8, 4) is 11.5 Å². The molecule has 166 valence electrons.